The van der Waals surface area contributed by atoms with Gasteiger partial charge < -0.3 is 5.32 Å². The first-order valence-corrected chi connectivity index (χ1v) is 7.35. The maximum atomic E-state index is 10.8. The van der Waals surface area contributed by atoms with E-state index in [4.69, 9.17) is 0 Å². The summed E-state index contributed by atoms with van der Waals surface area (Å²) in [5.74, 6) is 0.599. The summed E-state index contributed by atoms with van der Waals surface area (Å²) in [5.41, 5.74) is 1.40. The van der Waals surface area contributed by atoms with Crippen molar-refractivity contribution in [2.75, 3.05) is 20.1 Å². The quantitative estimate of drug-likeness (QED) is 0.662. The van der Waals surface area contributed by atoms with Crippen molar-refractivity contribution in [1.29, 1.82) is 0 Å². The topological polar surface area (TPSA) is 58.4 Å². The molecule has 1 saturated carbocycles. The Morgan fingerprint density at radius 3 is 2.55 bits per heavy atom. The van der Waals surface area contributed by atoms with E-state index in [1.54, 1.807) is 12.1 Å². The molecule has 1 N–H and O–H groups in total. The van der Waals surface area contributed by atoms with Crippen LogP contribution in [0.1, 0.15) is 30.9 Å². The van der Waals surface area contributed by atoms with Gasteiger partial charge in [-0.3, -0.25) is 15.0 Å². The molecule has 5 heteroatoms. The van der Waals surface area contributed by atoms with E-state index in [1.807, 2.05) is 19.2 Å². The number of nitrogens with zero attached hydrogens (tertiary/aromatic N) is 2. The van der Waals surface area contributed by atoms with Gasteiger partial charge in [0.15, 0.2) is 0 Å². The molecular weight excluding hydrogens is 254 g/mol. The normalized spacial score (nSPS) is 26.9. The number of nitrogens with one attached hydrogen (secondary N) is 1. The molecule has 1 aliphatic heterocycles. The third-order valence-electron chi connectivity index (χ3n) is 4.49. The second-order valence-electron chi connectivity index (χ2n) is 5.87. The van der Waals surface area contributed by atoms with Crippen molar-refractivity contribution in [1.82, 2.24) is 10.2 Å². The smallest absolute Gasteiger partial charge is 0.269 e. The maximum Gasteiger partial charge on any atom is 0.269 e. The van der Waals surface area contributed by atoms with Crippen molar-refractivity contribution in [3.05, 3.63) is 39.9 Å². The Balaban J connectivity index is 1.84. The first-order chi connectivity index (χ1) is 9.70. The van der Waals surface area contributed by atoms with Crippen LogP contribution in [0.25, 0.3) is 0 Å². The molecule has 0 amide bonds. The molecule has 5 nitrogen and oxygen atoms in total. The second-order valence-corrected chi connectivity index (χ2v) is 5.87. The van der Waals surface area contributed by atoms with Gasteiger partial charge in [0.2, 0.25) is 0 Å². The molecule has 1 aromatic rings. The third kappa shape index (κ3) is 2.55. The average Bonchev–Trinajstić information content (AvgIpc) is 3.21. The minimum Gasteiger partial charge on any atom is -0.319 e. The fourth-order valence-corrected chi connectivity index (χ4v) is 3.43. The molecule has 2 unspecified atom stereocenters. The Morgan fingerprint density at radius 1 is 1.30 bits per heavy atom. The number of rotatable bonds is 5. The predicted molar refractivity (Wildman–Crippen MR) is 77.6 cm³/mol. The molecule has 0 aromatic heterocycles. The highest BCUT2D eigenvalue weighted by Gasteiger charge is 2.42. The molecular formula is C15H21N3O2. The number of nitro groups is 1. The fraction of sp³-hybridized carbons (Fsp3) is 0.600. The van der Waals surface area contributed by atoms with Crippen molar-refractivity contribution < 1.29 is 4.92 Å². The van der Waals surface area contributed by atoms with Crippen LogP contribution in [0.15, 0.2) is 24.3 Å². The van der Waals surface area contributed by atoms with E-state index < -0.39 is 0 Å². The third-order valence-corrected chi connectivity index (χ3v) is 4.49. The predicted octanol–water partition coefficient (Wildman–Crippen LogP) is 2.34. The van der Waals surface area contributed by atoms with Crippen molar-refractivity contribution in [3.63, 3.8) is 0 Å². The van der Waals surface area contributed by atoms with E-state index in [-0.39, 0.29) is 10.6 Å². The molecule has 108 valence electrons. The van der Waals surface area contributed by atoms with Crippen LogP contribution in [-0.2, 0) is 0 Å². The maximum absolute atomic E-state index is 10.8. The molecule has 20 heavy (non-hydrogen) atoms. The molecule has 2 fully saturated rings. The summed E-state index contributed by atoms with van der Waals surface area (Å²) >= 11 is 0. The summed E-state index contributed by atoms with van der Waals surface area (Å²) in [5, 5.41) is 14.1. The first-order valence-electron chi connectivity index (χ1n) is 7.35. The number of hydrogen-bond donors (Lipinski definition) is 1. The fourth-order valence-electron chi connectivity index (χ4n) is 3.43. The molecule has 1 aliphatic carbocycles. The van der Waals surface area contributed by atoms with Crippen molar-refractivity contribution in [2.24, 2.45) is 5.92 Å². The van der Waals surface area contributed by atoms with Crippen LogP contribution in [0.2, 0.25) is 0 Å². The summed E-state index contributed by atoms with van der Waals surface area (Å²) in [6.45, 7) is 2.16. The van der Waals surface area contributed by atoms with Crippen LogP contribution in [0, 0.1) is 16.0 Å². The van der Waals surface area contributed by atoms with E-state index in [1.165, 1.54) is 24.8 Å². The zero-order chi connectivity index (χ0) is 14.1. The molecule has 1 aromatic carbocycles. The molecule has 3 rings (SSSR count). The number of hydrogen-bond acceptors (Lipinski definition) is 4. The number of non-ortho nitro benzene ring substituents is 1. The lowest BCUT2D eigenvalue weighted by Gasteiger charge is -2.28. The average molecular weight is 275 g/mol. The highest BCUT2D eigenvalue weighted by atomic mass is 16.6. The number of benzene rings is 1. The Kier molecular flexibility index (Phi) is 3.72. The lowest BCUT2D eigenvalue weighted by Crippen LogP contribution is -2.30. The number of likely N-dealkylation sites (tertiary alicyclic amines) is 1. The van der Waals surface area contributed by atoms with Gasteiger partial charge in [-0.15, -0.1) is 0 Å². The van der Waals surface area contributed by atoms with Crippen molar-refractivity contribution in [3.8, 4) is 0 Å². The second kappa shape index (κ2) is 5.50. The highest BCUT2D eigenvalue weighted by molar-refractivity contribution is 5.35. The summed E-state index contributed by atoms with van der Waals surface area (Å²) in [7, 11) is 1.99. The zero-order valence-corrected chi connectivity index (χ0v) is 11.8. The lowest BCUT2D eigenvalue weighted by molar-refractivity contribution is -0.384. The standard InChI is InChI=1S/C15H21N3O2/c1-16-10-12-8-9-17(13-6-7-13)15(12)11-2-4-14(5-3-11)18(19)20/h2-5,12-13,15-16H,6-10H2,1H3. The zero-order valence-electron chi connectivity index (χ0n) is 11.8. The van der Waals surface area contributed by atoms with Gasteiger partial charge in [0, 0.05) is 24.2 Å². The molecule has 1 saturated heterocycles. The van der Waals surface area contributed by atoms with Crippen LogP contribution in [0.5, 0.6) is 0 Å². The molecule has 0 spiro atoms. The minimum atomic E-state index is -0.331. The minimum absolute atomic E-state index is 0.176. The van der Waals surface area contributed by atoms with Crippen LogP contribution >= 0.6 is 0 Å². The van der Waals surface area contributed by atoms with Crippen LogP contribution in [0.4, 0.5) is 5.69 Å². The van der Waals surface area contributed by atoms with Gasteiger partial charge >= 0.3 is 0 Å². The largest absolute Gasteiger partial charge is 0.319 e. The molecule has 2 atom stereocenters. The van der Waals surface area contributed by atoms with Gasteiger partial charge in [-0.05, 0) is 50.9 Å². The summed E-state index contributed by atoms with van der Waals surface area (Å²) in [6.07, 6.45) is 3.81. The number of nitro benzene ring substituents is 1. The van der Waals surface area contributed by atoms with Gasteiger partial charge in [0.25, 0.3) is 5.69 Å². The summed E-state index contributed by atoms with van der Waals surface area (Å²) in [4.78, 5) is 13.0. The van der Waals surface area contributed by atoms with Gasteiger partial charge in [0.1, 0.15) is 0 Å². The Morgan fingerprint density at radius 2 is 2.00 bits per heavy atom. The van der Waals surface area contributed by atoms with E-state index in [0.717, 1.165) is 19.1 Å². The van der Waals surface area contributed by atoms with E-state index in [0.29, 0.717) is 12.0 Å². The van der Waals surface area contributed by atoms with E-state index in [9.17, 15) is 10.1 Å². The molecule has 0 radical (unpaired) electrons. The van der Waals surface area contributed by atoms with Crippen LogP contribution in [-0.4, -0.2) is 36.0 Å². The van der Waals surface area contributed by atoms with Gasteiger partial charge in [-0.2, -0.15) is 0 Å². The van der Waals surface area contributed by atoms with Gasteiger partial charge in [-0.1, -0.05) is 12.1 Å². The van der Waals surface area contributed by atoms with Gasteiger partial charge in [-0.25, -0.2) is 0 Å². The highest BCUT2D eigenvalue weighted by Crippen LogP contribution is 2.44. The first kappa shape index (κ1) is 13.5. The van der Waals surface area contributed by atoms with Crippen LogP contribution in [0.3, 0.4) is 0 Å². The summed E-state index contributed by atoms with van der Waals surface area (Å²) in [6, 6.07) is 8.29. The molecule has 1 heterocycles. The van der Waals surface area contributed by atoms with Crippen LogP contribution < -0.4 is 5.32 Å². The van der Waals surface area contributed by atoms with Crippen molar-refractivity contribution in [2.45, 2.75) is 31.3 Å². The monoisotopic (exact) mass is 275 g/mol. The lowest BCUT2D eigenvalue weighted by atomic mass is 9.93. The van der Waals surface area contributed by atoms with E-state index in [2.05, 4.69) is 10.2 Å². The Hall–Kier alpha value is -1.46. The van der Waals surface area contributed by atoms with Gasteiger partial charge in [0.05, 0.1) is 4.92 Å². The molecule has 0 bridgehead atoms. The van der Waals surface area contributed by atoms with Crippen molar-refractivity contribution >= 4 is 5.69 Å². The van der Waals surface area contributed by atoms with E-state index >= 15 is 0 Å². The molecule has 2 aliphatic rings. The SMILES string of the molecule is CNCC1CCN(C2CC2)C1c1ccc([N+](=O)[O-])cc1. The Bertz CT molecular complexity index is 484. The summed E-state index contributed by atoms with van der Waals surface area (Å²) < 4.78 is 0. The Labute approximate surface area is 119 Å².